The number of nitrogens with zero attached hydrogens (tertiary/aromatic N) is 3. The molecule has 6 heteroatoms. The summed E-state index contributed by atoms with van der Waals surface area (Å²) in [5.74, 6) is -0.0619. The fourth-order valence-electron chi connectivity index (χ4n) is 1.65. The van der Waals surface area contributed by atoms with E-state index >= 15 is 0 Å². The molecule has 2 rings (SSSR count). The summed E-state index contributed by atoms with van der Waals surface area (Å²) < 4.78 is 0. The van der Waals surface area contributed by atoms with Crippen molar-refractivity contribution in [2.45, 2.75) is 0 Å². The Balaban J connectivity index is 2.20. The van der Waals surface area contributed by atoms with Crippen LogP contribution in [-0.4, -0.2) is 22.2 Å². The number of pyridine rings is 1. The van der Waals surface area contributed by atoms with Crippen LogP contribution >= 0.6 is 11.8 Å². The van der Waals surface area contributed by atoms with Gasteiger partial charge in [0.1, 0.15) is 0 Å². The summed E-state index contributed by atoms with van der Waals surface area (Å²) in [6, 6.07) is 10.3. The molecule has 0 aliphatic rings. The summed E-state index contributed by atoms with van der Waals surface area (Å²) in [6.07, 6.45) is 6.83. The average molecular weight is 296 g/mol. The Bertz CT molecular complexity index is 690. The molecule has 2 aromatic rings. The third-order valence-electron chi connectivity index (χ3n) is 2.66. The third-order valence-corrected chi connectivity index (χ3v) is 3.24. The molecule has 1 aromatic heterocycles. The second-order valence-corrected chi connectivity index (χ2v) is 4.76. The molecular weight excluding hydrogens is 284 g/mol. The number of benzene rings is 1. The molecule has 1 heterocycles. The van der Waals surface area contributed by atoms with Crippen LogP contribution in [0.4, 0.5) is 5.69 Å². The topological polar surface area (TPSA) is 78.1 Å². The van der Waals surface area contributed by atoms with Crippen LogP contribution in [0.25, 0.3) is 0 Å². The van der Waals surface area contributed by atoms with Gasteiger partial charge in [0.2, 0.25) is 0 Å². The zero-order chi connectivity index (χ0) is 15.1. The summed E-state index contributed by atoms with van der Waals surface area (Å²) in [7, 11) is 0. The zero-order valence-electron chi connectivity index (χ0n) is 11.3. The molecule has 0 atom stereocenters. The molecule has 0 unspecified atom stereocenters. The van der Waals surface area contributed by atoms with Crippen molar-refractivity contribution in [2.24, 2.45) is 4.99 Å². The normalized spacial score (nSPS) is 10.8. The molecule has 0 bridgehead atoms. The second kappa shape index (κ2) is 7.22. The van der Waals surface area contributed by atoms with E-state index in [1.807, 2.05) is 12.4 Å². The first kappa shape index (κ1) is 14.8. The van der Waals surface area contributed by atoms with Gasteiger partial charge in [-0.25, -0.2) is 4.99 Å². The molecule has 0 spiro atoms. The summed E-state index contributed by atoms with van der Waals surface area (Å²) in [5, 5.41) is 11.6. The van der Waals surface area contributed by atoms with Crippen LogP contribution in [0.2, 0.25) is 0 Å². The number of aliphatic imine (C=N–C) groups is 1. The highest BCUT2D eigenvalue weighted by atomic mass is 32.2. The number of nitriles is 1. The lowest BCUT2D eigenvalue weighted by Crippen LogP contribution is -2.12. The SMILES string of the molecule is CSC(=Nc1ccc(C(=O)c2ccncc2)cc1)NC#N. The fraction of sp³-hybridized carbons (Fsp3) is 0.0667. The molecule has 0 saturated carbocycles. The van der Waals surface area contributed by atoms with Crippen molar-refractivity contribution in [3.05, 3.63) is 59.9 Å². The number of amidine groups is 1. The molecular formula is C15H12N4OS. The van der Waals surface area contributed by atoms with Crippen LogP contribution < -0.4 is 5.32 Å². The maximum Gasteiger partial charge on any atom is 0.193 e. The fourth-order valence-corrected chi connectivity index (χ4v) is 1.99. The van der Waals surface area contributed by atoms with Crippen LogP contribution in [0.5, 0.6) is 0 Å². The Labute approximate surface area is 126 Å². The van der Waals surface area contributed by atoms with Crippen molar-refractivity contribution in [1.82, 2.24) is 10.3 Å². The van der Waals surface area contributed by atoms with Gasteiger partial charge in [-0.3, -0.25) is 15.1 Å². The van der Waals surface area contributed by atoms with E-state index in [2.05, 4.69) is 15.3 Å². The predicted octanol–water partition coefficient (Wildman–Crippen LogP) is 2.73. The van der Waals surface area contributed by atoms with Gasteiger partial charge in [-0.1, -0.05) is 11.8 Å². The van der Waals surface area contributed by atoms with Crippen LogP contribution in [0.3, 0.4) is 0 Å². The number of rotatable bonds is 3. The van der Waals surface area contributed by atoms with Crippen molar-refractivity contribution in [3.63, 3.8) is 0 Å². The first-order valence-corrected chi connectivity index (χ1v) is 7.29. The first-order chi connectivity index (χ1) is 10.2. The van der Waals surface area contributed by atoms with E-state index in [0.717, 1.165) is 0 Å². The summed E-state index contributed by atoms with van der Waals surface area (Å²) >= 11 is 1.34. The largest absolute Gasteiger partial charge is 0.289 e. The Morgan fingerprint density at radius 2 is 1.81 bits per heavy atom. The number of aromatic nitrogens is 1. The highest BCUT2D eigenvalue weighted by molar-refractivity contribution is 8.13. The predicted molar refractivity (Wildman–Crippen MR) is 83.5 cm³/mol. The summed E-state index contributed by atoms with van der Waals surface area (Å²) in [4.78, 5) is 20.4. The Hall–Kier alpha value is -2.65. The minimum absolute atomic E-state index is 0.0619. The third kappa shape index (κ3) is 3.91. The zero-order valence-corrected chi connectivity index (χ0v) is 12.1. The highest BCUT2D eigenvalue weighted by Gasteiger charge is 2.08. The van der Waals surface area contributed by atoms with Crippen LogP contribution in [-0.2, 0) is 0 Å². The Kier molecular flexibility index (Phi) is 5.07. The molecule has 104 valence electrons. The molecule has 5 nitrogen and oxygen atoms in total. The van der Waals surface area contributed by atoms with Crippen molar-refractivity contribution in [3.8, 4) is 6.19 Å². The molecule has 0 fully saturated rings. The summed E-state index contributed by atoms with van der Waals surface area (Å²) in [6.45, 7) is 0. The van der Waals surface area contributed by atoms with Gasteiger partial charge in [-0.2, -0.15) is 5.26 Å². The van der Waals surface area contributed by atoms with Crippen molar-refractivity contribution >= 4 is 28.4 Å². The van der Waals surface area contributed by atoms with Gasteiger partial charge in [-0.15, -0.1) is 0 Å². The number of thioether (sulfide) groups is 1. The smallest absolute Gasteiger partial charge is 0.193 e. The quantitative estimate of drug-likeness (QED) is 0.310. The molecule has 0 amide bonds. The molecule has 1 aromatic carbocycles. The lowest BCUT2D eigenvalue weighted by Gasteiger charge is -2.02. The standard InChI is InChI=1S/C15H12N4OS/c1-21-15(18-10-16)19-13-4-2-11(3-5-13)14(20)12-6-8-17-9-7-12/h2-9H,1H3,(H,18,19). The van der Waals surface area contributed by atoms with E-state index in [1.165, 1.54) is 11.8 Å². The monoisotopic (exact) mass is 296 g/mol. The molecule has 1 N–H and O–H groups in total. The van der Waals surface area contributed by atoms with Gasteiger partial charge in [0.25, 0.3) is 0 Å². The van der Waals surface area contributed by atoms with Gasteiger partial charge < -0.3 is 0 Å². The lowest BCUT2D eigenvalue weighted by molar-refractivity contribution is 0.103. The Morgan fingerprint density at radius 3 is 2.38 bits per heavy atom. The first-order valence-electron chi connectivity index (χ1n) is 6.07. The van der Waals surface area contributed by atoms with Gasteiger partial charge in [0, 0.05) is 23.5 Å². The number of nitrogens with one attached hydrogen (secondary N) is 1. The number of carbonyl (C=O) groups excluding carboxylic acids is 1. The van der Waals surface area contributed by atoms with E-state index < -0.39 is 0 Å². The number of ketones is 1. The maximum atomic E-state index is 12.2. The van der Waals surface area contributed by atoms with Crippen molar-refractivity contribution < 1.29 is 4.79 Å². The minimum Gasteiger partial charge on any atom is -0.289 e. The molecule has 0 radical (unpaired) electrons. The summed E-state index contributed by atoms with van der Waals surface area (Å²) in [5.41, 5.74) is 1.85. The van der Waals surface area contributed by atoms with Gasteiger partial charge in [0.05, 0.1) is 5.69 Å². The highest BCUT2D eigenvalue weighted by Crippen LogP contribution is 2.17. The van der Waals surface area contributed by atoms with Crippen molar-refractivity contribution in [1.29, 1.82) is 5.26 Å². The van der Waals surface area contributed by atoms with Crippen LogP contribution in [0, 0.1) is 11.5 Å². The van der Waals surface area contributed by atoms with E-state index in [0.29, 0.717) is 22.0 Å². The van der Waals surface area contributed by atoms with Crippen LogP contribution in [0.1, 0.15) is 15.9 Å². The molecule has 21 heavy (non-hydrogen) atoms. The van der Waals surface area contributed by atoms with Gasteiger partial charge in [-0.05, 0) is 42.7 Å². The van der Waals surface area contributed by atoms with E-state index in [4.69, 9.17) is 5.26 Å². The lowest BCUT2D eigenvalue weighted by atomic mass is 10.0. The van der Waals surface area contributed by atoms with Crippen molar-refractivity contribution in [2.75, 3.05) is 6.26 Å². The van der Waals surface area contributed by atoms with Crippen LogP contribution in [0.15, 0.2) is 53.8 Å². The van der Waals surface area contributed by atoms with E-state index in [1.54, 1.807) is 48.8 Å². The van der Waals surface area contributed by atoms with Gasteiger partial charge in [0.15, 0.2) is 17.1 Å². The maximum absolute atomic E-state index is 12.2. The van der Waals surface area contributed by atoms with E-state index in [-0.39, 0.29) is 5.78 Å². The average Bonchev–Trinajstić information content (AvgIpc) is 2.55. The Morgan fingerprint density at radius 1 is 1.19 bits per heavy atom. The second-order valence-electron chi connectivity index (χ2n) is 3.97. The molecule has 0 saturated heterocycles. The van der Waals surface area contributed by atoms with E-state index in [9.17, 15) is 4.79 Å². The molecule has 0 aliphatic carbocycles. The number of hydrogen-bond donors (Lipinski definition) is 1. The number of hydrogen-bond acceptors (Lipinski definition) is 5. The minimum atomic E-state index is -0.0619. The van der Waals surface area contributed by atoms with Gasteiger partial charge >= 0.3 is 0 Å². The number of carbonyl (C=O) groups is 1. The molecule has 0 aliphatic heterocycles.